The quantitative estimate of drug-likeness (QED) is 0.181. The number of benzene rings is 2. The van der Waals surface area contributed by atoms with Crippen LogP contribution in [0.4, 0.5) is 0 Å². The van der Waals surface area contributed by atoms with Crippen LogP contribution in [0.3, 0.4) is 0 Å². The molecule has 3 atom stereocenters. The van der Waals surface area contributed by atoms with E-state index in [1.807, 2.05) is 48.5 Å². The number of nitrogens with two attached hydrogens (primary N) is 1. The van der Waals surface area contributed by atoms with Crippen LogP contribution in [0.25, 0.3) is 10.9 Å². The van der Waals surface area contributed by atoms with Crippen LogP contribution in [0.15, 0.2) is 66.7 Å². The molecule has 0 saturated heterocycles. The van der Waals surface area contributed by atoms with Crippen LogP contribution < -0.4 is 27.2 Å². The van der Waals surface area contributed by atoms with E-state index in [2.05, 4.69) is 47.2 Å². The minimum Gasteiger partial charge on any atom is -0.390 e. The van der Waals surface area contributed by atoms with Crippen molar-refractivity contribution in [3.05, 3.63) is 78.0 Å². The molecule has 208 valence electrons. The Bertz CT molecular complexity index is 1260. The van der Waals surface area contributed by atoms with Gasteiger partial charge in [0.05, 0.1) is 24.1 Å². The summed E-state index contributed by atoms with van der Waals surface area (Å²) < 4.78 is 0. The van der Waals surface area contributed by atoms with Crippen molar-refractivity contribution >= 4 is 28.6 Å². The first-order chi connectivity index (χ1) is 18.5. The van der Waals surface area contributed by atoms with Gasteiger partial charge < -0.3 is 21.5 Å². The SMILES string of the molecule is CC(C)(C)CNCC(O)C(Cc1ccccc1)NC(=O)C(CC(N)=O)NNC(=O)c1ccc2ccccc2n1. The fraction of sp³-hybridized carbons (Fsp3) is 0.379. The minimum atomic E-state index is -1.17. The van der Waals surface area contributed by atoms with Crippen molar-refractivity contribution in [1.82, 2.24) is 26.5 Å². The zero-order chi connectivity index (χ0) is 28.4. The fourth-order valence-electron chi connectivity index (χ4n) is 3.99. The monoisotopic (exact) mass is 534 g/mol. The molecule has 0 aliphatic carbocycles. The number of carbonyl (C=O) groups is 3. The van der Waals surface area contributed by atoms with E-state index in [0.717, 1.165) is 10.9 Å². The average Bonchev–Trinajstić information content (AvgIpc) is 2.89. The number of aliphatic hydroxyl groups is 1. The minimum absolute atomic E-state index is 0.0203. The molecule has 0 aliphatic heterocycles. The van der Waals surface area contributed by atoms with E-state index >= 15 is 0 Å². The average molecular weight is 535 g/mol. The number of hydrogen-bond donors (Lipinski definition) is 6. The molecule has 7 N–H and O–H groups in total. The van der Waals surface area contributed by atoms with E-state index < -0.39 is 35.9 Å². The van der Waals surface area contributed by atoms with Gasteiger partial charge in [0.1, 0.15) is 11.7 Å². The lowest BCUT2D eigenvalue weighted by Gasteiger charge is -2.28. The molecule has 3 rings (SSSR count). The van der Waals surface area contributed by atoms with E-state index in [1.54, 1.807) is 18.2 Å². The second-order valence-electron chi connectivity index (χ2n) is 10.8. The number of carbonyl (C=O) groups excluding carboxylic acids is 3. The van der Waals surface area contributed by atoms with Crippen LogP contribution in [0.2, 0.25) is 0 Å². The lowest BCUT2D eigenvalue weighted by Crippen LogP contribution is -2.57. The molecule has 0 radical (unpaired) electrons. The van der Waals surface area contributed by atoms with Crippen molar-refractivity contribution < 1.29 is 19.5 Å². The Labute approximate surface area is 228 Å². The van der Waals surface area contributed by atoms with Crippen LogP contribution in [0.1, 0.15) is 43.2 Å². The van der Waals surface area contributed by atoms with Crippen molar-refractivity contribution in [3.63, 3.8) is 0 Å². The van der Waals surface area contributed by atoms with Gasteiger partial charge in [0.15, 0.2) is 0 Å². The molecule has 0 fully saturated rings. The van der Waals surface area contributed by atoms with Crippen LogP contribution in [-0.4, -0.2) is 59.1 Å². The summed E-state index contributed by atoms with van der Waals surface area (Å²) in [5.41, 5.74) is 12.2. The number of primary amides is 1. The molecule has 10 heteroatoms. The molecule has 2 aromatic carbocycles. The molecule has 3 amide bonds. The highest BCUT2D eigenvalue weighted by atomic mass is 16.3. The molecule has 0 saturated carbocycles. The normalized spacial score (nSPS) is 13.8. The number of hydrazine groups is 1. The summed E-state index contributed by atoms with van der Waals surface area (Å²) in [5.74, 6) is -1.89. The van der Waals surface area contributed by atoms with Gasteiger partial charge in [-0.25, -0.2) is 10.4 Å². The Balaban J connectivity index is 1.69. The largest absolute Gasteiger partial charge is 0.390 e. The van der Waals surface area contributed by atoms with Gasteiger partial charge in [-0.15, -0.1) is 0 Å². The number of aromatic nitrogens is 1. The third kappa shape index (κ3) is 9.75. The number of pyridine rings is 1. The van der Waals surface area contributed by atoms with Crippen LogP contribution >= 0.6 is 0 Å². The van der Waals surface area contributed by atoms with Crippen LogP contribution in [-0.2, 0) is 16.0 Å². The lowest BCUT2D eigenvalue weighted by molar-refractivity contribution is -0.128. The molecule has 3 unspecified atom stereocenters. The fourth-order valence-corrected chi connectivity index (χ4v) is 3.99. The molecule has 3 aromatic rings. The highest BCUT2D eigenvalue weighted by molar-refractivity contribution is 5.95. The second kappa shape index (κ2) is 13.8. The zero-order valence-electron chi connectivity index (χ0n) is 22.6. The highest BCUT2D eigenvalue weighted by Gasteiger charge is 2.28. The van der Waals surface area contributed by atoms with Gasteiger partial charge in [-0.1, -0.05) is 75.4 Å². The molecule has 10 nitrogen and oxygen atoms in total. The Hall–Kier alpha value is -3.86. The zero-order valence-corrected chi connectivity index (χ0v) is 22.6. The molecule has 0 aliphatic rings. The van der Waals surface area contributed by atoms with Crippen LogP contribution in [0, 0.1) is 5.41 Å². The number of nitrogens with one attached hydrogen (secondary N) is 4. The van der Waals surface area contributed by atoms with Gasteiger partial charge in [-0.2, -0.15) is 0 Å². The maximum absolute atomic E-state index is 13.3. The third-order valence-electron chi connectivity index (χ3n) is 6.01. The summed E-state index contributed by atoms with van der Waals surface area (Å²) in [5, 5.41) is 17.9. The van der Waals surface area contributed by atoms with E-state index in [4.69, 9.17) is 5.73 Å². The maximum atomic E-state index is 13.3. The van der Waals surface area contributed by atoms with Gasteiger partial charge in [-0.05, 0) is 29.5 Å². The summed E-state index contributed by atoms with van der Waals surface area (Å²) in [4.78, 5) is 42.1. The van der Waals surface area contributed by atoms with Gasteiger partial charge >= 0.3 is 0 Å². The summed E-state index contributed by atoms with van der Waals surface area (Å²) in [6, 6.07) is 18.3. The van der Waals surface area contributed by atoms with Crippen molar-refractivity contribution in [3.8, 4) is 0 Å². The molecule has 0 spiro atoms. The molecule has 0 bridgehead atoms. The standard InChI is InChI=1S/C29H38N6O4/c1-29(2,3)18-31-17-25(36)23(15-19-9-5-4-6-10-19)33-27(38)24(16-26(30)37)34-35-28(39)22-14-13-20-11-7-8-12-21(20)32-22/h4-14,23-25,31,34,36H,15-18H2,1-3H3,(H2,30,37)(H,33,38)(H,35,39). The number of nitrogens with zero attached hydrogens (tertiary/aromatic N) is 1. The maximum Gasteiger partial charge on any atom is 0.283 e. The molecular formula is C29H38N6O4. The van der Waals surface area contributed by atoms with Gasteiger partial charge in [0.2, 0.25) is 11.8 Å². The van der Waals surface area contributed by atoms with Crippen LogP contribution in [0.5, 0.6) is 0 Å². The second-order valence-corrected chi connectivity index (χ2v) is 10.8. The molecule has 39 heavy (non-hydrogen) atoms. The van der Waals surface area contributed by atoms with Gasteiger partial charge in [-0.3, -0.25) is 19.8 Å². The molecular weight excluding hydrogens is 496 g/mol. The van der Waals surface area contributed by atoms with E-state index in [9.17, 15) is 19.5 Å². The smallest absolute Gasteiger partial charge is 0.283 e. The van der Waals surface area contributed by atoms with Crippen molar-refractivity contribution in [2.24, 2.45) is 11.1 Å². The first-order valence-corrected chi connectivity index (χ1v) is 12.9. The van der Waals surface area contributed by atoms with E-state index in [-0.39, 0.29) is 24.1 Å². The lowest BCUT2D eigenvalue weighted by atomic mass is 9.96. The van der Waals surface area contributed by atoms with Gasteiger partial charge in [0.25, 0.3) is 5.91 Å². The van der Waals surface area contributed by atoms with E-state index in [1.165, 1.54) is 0 Å². The Morgan fingerprint density at radius 2 is 1.67 bits per heavy atom. The predicted molar refractivity (Wildman–Crippen MR) is 150 cm³/mol. The Morgan fingerprint density at radius 3 is 2.36 bits per heavy atom. The summed E-state index contributed by atoms with van der Waals surface area (Å²) in [6.07, 6.45) is -0.919. The third-order valence-corrected chi connectivity index (χ3v) is 6.01. The topological polar surface area (TPSA) is 158 Å². The number of rotatable bonds is 13. The summed E-state index contributed by atoms with van der Waals surface area (Å²) >= 11 is 0. The number of para-hydroxylation sites is 1. The molecule has 1 heterocycles. The van der Waals surface area contributed by atoms with E-state index in [0.29, 0.717) is 18.5 Å². The Kier molecular flexibility index (Phi) is 10.5. The first-order valence-electron chi connectivity index (χ1n) is 12.9. The number of amides is 3. The van der Waals surface area contributed by atoms with Crippen molar-refractivity contribution in [2.75, 3.05) is 13.1 Å². The Morgan fingerprint density at radius 1 is 0.974 bits per heavy atom. The molecule has 1 aromatic heterocycles. The van der Waals surface area contributed by atoms with Crippen molar-refractivity contribution in [1.29, 1.82) is 0 Å². The summed E-state index contributed by atoms with van der Waals surface area (Å²) in [7, 11) is 0. The van der Waals surface area contributed by atoms with Gasteiger partial charge in [0, 0.05) is 18.5 Å². The number of aliphatic hydroxyl groups excluding tert-OH is 1. The number of hydrogen-bond acceptors (Lipinski definition) is 7. The first kappa shape index (κ1) is 29.7. The predicted octanol–water partition coefficient (Wildman–Crippen LogP) is 1.44. The number of fused-ring (bicyclic) bond motifs is 1. The highest BCUT2D eigenvalue weighted by Crippen LogP contribution is 2.13. The summed E-state index contributed by atoms with van der Waals surface area (Å²) in [6.45, 7) is 7.18. The van der Waals surface area contributed by atoms with Crippen molar-refractivity contribution in [2.45, 2.75) is 51.8 Å².